The second-order valence-corrected chi connectivity index (χ2v) is 7.27. The molecule has 2 amide bonds. The average Bonchev–Trinajstić information content (AvgIpc) is 2.85. The number of nitrogens with zero attached hydrogens (tertiary/aromatic N) is 2. The first-order valence-corrected chi connectivity index (χ1v) is 9.23. The molecule has 2 aliphatic heterocycles. The first kappa shape index (κ1) is 19.9. The predicted octanol–water partition coefficient (Wildman–Crippen LogP) is 1.56. The lowest BCUT2D eigenvalue weighted by molar-refractivity contribution is -0.119. The first-order valence-electron chi connectivity index (χ1n) is 9.23. The van der Waals surface area contributed by atoms with Gasteiger partial charge in [-0.15, -0.1) is 0 Å². The van der Waals surface area contributed by atoms with E-state index in [9.17, 15) is 32.3 Å². The number of ketones is 1. The van der Waals surface area contributed by atoms with Crippen LogP contribution in [-0.4, -0.2) is 40.2 Å². The molecule has 2 bridgehead atoms. The second kappa shape index (κ2) is 7.43. The molecule has 1 unspecified atom stereocenters. The monoisotopic (exact) mass is 419 g/mol. The van der Waals surface area contributed by atoms with Crippen LogP contribution in [0.5, 0.6) is 0 Å². The zero-order valence-electron chi connectivity index (χ0n) is 15.6. The summed E-state index contributed by atoms with van der Waals surface area (Å²) in [4.78, 5) is 51.0. The van der Waals surface area contributed by atoms with E-state index < -0.39 is 52.8 Å². The van der Waals surface area contributed by atoms with Crippen LogP contribution in [0, 0.1) is 17.5 Å². The molecule has 3 heterocycles. The number of benzene rings is 1. The number of hydrogen-bond acceptors (Lipinski definition) is 4. The number of pyridine rings is 1. The molecule has 0 aliphatic carbocycles. The number of nitrogens with one attached hydrogen (secondary N) is 1. The normalized spacial score (nSPS) is 18.1. The van der Waals surface area contributed by atoms with E-state index in [4.69, 9.17) is 0 Å². The van der Waals surface area contributed by atoms with E-state index in [1.165, 1.54) is 15.7 Å². The maximum absolute atomic E-state index is 13.8. The highest BCUT2D eigenvalue weighted by molar-refractivity contribution is 5.97. The summed E-state index contributed by atoms with van der Waals surface area (Å²) in [6.45, 7) is -0.0422. The third-order valence-electron chi connectivity index (χ3n) is 5.31. The molecule has 2 aromatic rings. The van der Waals surface area contributed by atoms with Gasteiger partial charge in [0.15, 0.2) is 5.43 Å². The van der Waals surface area contributed by atoms with E-state index in [0.29, 0.717) is 12.1 Å². The molecule has 0 radical (unpaired) electrons. The Hall–Kier alpha value is -3.43. The number of carbonyl (C=O) groups excluding carboxylic acids is 3. The van der Waals surface area contributed by atoms with Gasteiger partial charge in [0.1, 0.15) is 34.5 Å². The Morgan fingerprint density at radius 3 is 2.50 bits per heavy atom. The average molecular weight is 419 g/mol. The number of carbonyl (C=O) groups is 3. The fourth-order valence-corrected chi connectivity index (χ4v) is 3.77. The number of aromatic nitrogens is 1. The van der Waals surface area contributed by atoms with Gasteiger partial charge in [-0.3, -0.25) is 19.2 Å². The maximum atomic E-state index is 13.8. The van der Waals surface area contributed by atoms with Crippen molar-refractivity contribution in [3.63, 3.8) is 0 Å². The second-order valence-electron chi connectivity index (χ2n) is 7.27. The standard InChI is InChI=1S/C20H16F3N3O4/c21-10-3-15(22)13(16(23)4-10)7-24-19(29)14-9-26-11-5-12(27)1-2-25(8-11)20(30)17(26)6-18(14)28/h3-4,6,9,11H,1-2,5,7-8H2,(H,24,29). The van der Waals surface area contributed by atoms with Crippen LogP contribution in [0.1, 0.15) is 45.3 Å². The lowest BCUT2D eigenvalue weighted by Crippen LogP contribution is -2.44. The first-order chi connectivity index (χ1) is 14.2. The fourth-order valence-electron chi connectivity index (χ4n) is 3.77. The van der Waals surface area contributed by atoms with Gasteiger partial charge in [-0.2, -0.15) is 0 Å². The van der Waals surface area contributed by atoms with Gasteiger partial charge in [-0.1, -0.05) is 0 Å². The summed E-state index contributed by atoms with van der Waals surface area (Å²) in [7, 11) is 0. The summed E-state index contributed by atoms with van der Waals surface area (Å²) in [6.07, 6.45) is 1.58. The van der Waals surface area contributed by atoms with Gasteiger partial charge < -0.3 is 14.8 Å². The number of halogens is 3. The summed E-state index contributed by atoms with van der Waals surface area (Å²) >= 11 is 0. The van der Waals surface area contributed by atoms with Crippen molar-refractivity contribution < 1.29 is 27.6 Å². The van der Waals surface area contributed by atoms with E-state index in [2.05, 4.69) is 5.32 Å². The SMILES string of the molecule is O=C1CCN2CC(C1)n1cc(C(=O)NCc3c(F)cc(F)cc3F)c(=O)cc1C2=O. The number of amides is 2. The summed E-state index contributed by atoms with van der Waals surface area (Å²) in [5.41, 5.74) is -1.54. The van der Waals surface area contributed by atoms with Gasteiger partial charge >= 0.3 is 0 Å². The number of fused-ring (bicyclic) bond motifs is 4. The fraction of sp³-hybridized carbons (Fsp3) is 0.300. The molecular weight excluding hydrogens is 403 g/mol. The van der Waals surface area contributed by atoms with Crippen LogP contribution in [0.3, 0.4) is 0 Å². The van der Waals surface area contributed by atoms with E-state index in [1.807, 2.05) is 0 Å². The van der Waals surface area contributed by atoms with Gasteiger partial charge in [0.2, 0.25) is 0 Å². The third-order valence-corrected chi connectivity index (χ3v) is 5.31. The Bertz CT molecular complexity index is 1120. The Balaban J connectivity index is 1.63. The summed E-state index contributed by atoms with van der Waals surface area (Å²) in [5.74, 6) is -4.77. The van der Waals surface area contributed by atoms with Gasteiger partial charge in [0.05, 0.1) is 6.04 Å². The molecule has 1 saturated heterocycles. The minimum Gasteiger partial charge on any atom is -0.348 e. The number of rotatable bonds is 3. The van der Waals surface area contributed by atoms with E-state index in [1.54, 1.807) is 0 Å². The third kappa shape index (κ3) is 3.49. The molecule has 0 spiro atoms. The largest absolute Gasteiger partial charge is 0.348 e. The quantitative estimate of drug-likeness (QED) is 0.818. The minimum absolute atomic E-state index is 0.0323. The van der Waals surface area contributed by atoms with Crippen LogP contribution in [0.25, 0.3) is 0 Å². The predicted molar refractivity (Wildman–Crippen MR) is 97.4 cm³/mol. The summed E-state index contributed by atoms with van der Waals surface area (Å²) in [5, 5.41) is 2.23. The van der Waals surface area contributed by atoms with Crippen molar-refractivity contribution in [1.29, 1.82) is 0 Å². The maximum Gasteiger partial charge on any atom is 0.270 e. The molecule has 10 heteroatoms. The zero-order chi connectivity index (χ0) is 21.6. The van der Waals surface area contributed by atoms with Gasteiger partial charge in [0, 0.05) is 62.4 Å². The highest BCUT2D eigenvalue weighted by Gasteiger charge is 2.35. The van der Waals surface area contributed by atoms with Crippen LogP contribution < -0.4 is 10.7 Å². The van der Waals surface area contributed by atoms with Crippen LogP contribution in [-0.2, 0) is 11.3 Å². The molecule has 1 aromatic carbocycles. The van der Waals surface area contributed by atoms with Crippen LogP contribution in [0.15, 0.2) is 29.2 Å². The van der Waals surface area contributed by atoms with Gasteiger partial charge in [-0.05, 0) is 0 Å². The smallest absolute Gasteiger partial charge is 0.270 e. The molecule has 30 heavy (non-hydrogen) atoms. The Morgan fingerprint density at radius 1 is 1.10 bits per heavy atom. The number of Topliss-reactive ketones (excluding diaryl/α,β-unsaturated/α-hetero) is 1. The Morgan fingerprint density at radius 2 is 1.80 bits per heavy atom. The van der Waals surface area contributed by atoms with Crippen molar-refractivity contribution in [2.24, 2.45) is 0 Å². The van der Waals surface area contributed by atoms with Crippen LogP contribution >= 0.6 is 0 Å². The Labute approximate surface area is 168 Å². The molecule has 1 N–H and O–H groups in total. The van der Waals surface area contributed by atoms with Crippen LogP contribution in [0.2, 0.25) is 0 Å². The van der Waals surface area contributed by atoms with Crippen molar-refractivity contribution in [3.8, 4) is 0 Å². The molecule has 1 aromatic heterocycles. The highest BCUT2D eigenvalue weighted by atomic mass is 19.1. The molecule has 7 nitrogen and oxygen atoms in total. The summed E-state index contributed by atoms with van der Waals surface area (Å²) in [6, 6.07) is 1.59. The van der Waals surface area contributed by atoms with Crippen molar-refractivity contribution in [2.75, 3.05) is 13.1 Å². The van der Waals surface area contributed by atoms with E-state index in [-0.39, 0.29) is 43.0 Å². The lowest BCUT2D eigenvalue weighted by atomic mass is 10.1. The zero-order valence-corrected chi connectivity index (χ0v) is 15.6. The Kier molecular flexibility index (Phi) is 4.92. The van der Waals surface area contributed by atoms with Crippen LogP contribution in [0.4, 0.5) is 13.2 Å². The molecule has 2 aliphatic rings. The van der Waals surface area contributed by atoms with Crippen molar-refractivity contribution >= 4 is 17.6 Å². The molecule has 4 rings (SSSR count). The van der Waals surface area contributed by atoms with Crippen molar-refractivity contribution in [2.45, 2.75) is 25.4 Å². The molecule has 0 saturated carbocycles. The topological polar surface area (TPSA) is 88.5 Å². The van der Waals surface area contributed by atoms with E-state index >= 15 is 0 Å². The lowest BCUT2D eigenvalue weighted by Gasteiger charge is -2.33. The molecule has 156 valence electrons. The van der Waals surface area contributed by atoms with Gasteiger partial charge in [-0.25, -0.2) is 13.2 Å². The summed E-state index contributed by atoms with van der Waals surface area (Å²) < 4.78 is 42.0. The highest BCUT2D eigenvalue weighted by Crippen LogP contribution is 2.27. The molecule has 1 fully saturated rings. The van der Waals surface area contributed by atoms with Crippen molar-refractivity contribution in [3.05, 3.63) is 68.9 Å². The number of hydrogen-bond donors (Lipinski definition) is 1. The van der Waals surface area contributed by atoms with Crippen molar-refractivity contribution in [1.82, 2.24) is 14.8 Å². The molecule has 1 atom stereocenters. The molecular formula is C20H16F3N3O4. The van der Waals surface area contributed by atoms with Gasteiger partial charge in [0.25, 0.3) is 11.8 Å². The van der Waals surface area contributed by atoms with E-state index in [0.717, 1.165) is 6.07 Å². The minimum atomic E-state index is -1.17.